The van der Waals surface area contributed by atoms with Crippen molar-refractivity contribution in [3.63, 3.8) is 0 Å². The van der Waals surface area contributed by atoms with Gasteiger partial charge in [-0.2, -0.15) is 11.8 Å². The molecule has 7 N–H and O–H groups in total. The highest BCUT2D eigenvalue weighted by Gasteiger charge is 2.28. The number of carboxylic acid groups (broad SMARTS) is 1. The molecule has 0 saturated heterocycles. The van der Waals surface area contributed by atoms with Gasteiger partial charge >= 0.3 is 5.97 Å². The van der Waals surface area contributed by atoms with E-state index in [2.05, 4.69) is 16.0 Å². The van der Waals surface area contributed by atoms with Crippen molar-refractivity contribution in [1.29, 1.82) is 0 Å². The molecule has 0 spiro atoms. The number of carbonyl (C=O) groups is 4. The van der Waals surface area contributed by atoms with E-state index in [4.69, 9.17) is 10.8 Å². The third kappa shape index (κ3) is 11.1. The van der Waals surface area contributed by atoms with E-state index in [9.17, 15) is 24.3 Å². The second-order valence-corrected chi connectivity index (χ2v) is 9.11. The molecule has 0 heterocycles. The lowest BCUT2D eigenvalue weighted by molar-refractivity contribution is -0.138. The summed E-state index contributed by atoms with van der Waals surface area (Å²) in [7, 11) is 0. The molecule has 0 aromatic heterocycles. The molecule has 10 nitrogen and oxygen atoms in total. The minimum absolute atomic E-state index is 0.0484. The zero-order chi connectivity index (χ0) is 25.0. The van der Waals surface area contributed by atoms with Crippen LogP contribution in [0, 0.1) is 5.92 Å². The lowest BCUT2D eigenvalue weighted by atomic mass is 10.0. The van der Waals surface area contributed by atoms with Crippen molar-refractivity contribution in [2.75, 3.05) is 18.6 Å². The molecule has 3 amide bonds. The lowest BCUT2D eigenvalue weighted by Gasteiger charge is -2.24. The number of rotatable bonds is 14. The number of nitrogens with two attached hydrogens (primary N) is 1. The number of benzene rings is 1. The fourth-order valence-electron chi connectivity index (χ4n) is 3.03. The molecule has 0 aliphatic rings. The summed E-state index contributed by atoms with van der Waals surface area (Å²) in [5, 5.41) is 25.9. The normalized spacial score (nSPS) is 13.6. The van der Waals surface area contributed by atoms with Gasteiger partial charge in [0.05, 0.1) is 6.04 Å². The first-order valence-electron chi connectivity index (χ1n) is 10.7. The van der Waals surface area contributed by atoms with E-state index < -0.39 is 48.4 Å². The van der Waals surface area contributed by atoms with E-state index in [-0.39, 0.29) is 18.1 Å². The molecule has 0 radical (unpaired) electrons. The average Bonchev–Trinajstić information content (AvgIpc) is 2.75. The van der Waals surface area contributed by atoms with Gasteiger partial charge in [0.25, 0.3) is 0 Å². The van der Waals surface area contributed by atoms with E-state index >= 15 is 0 Å². The van der Waals surface area contributed by atoms with Crippen LogP contribution in [0.2, 0.25) is 0 Å². The van der Waals surface area contributed by atoms with Crippen LogP contribution >= 0.6 is 11.8 Å². The molecule has 184 valence electrons. The number of amides is 3. The minimum atomic E-state index is -1.22. The number of phenols is 1. The third-order valence-corrected chi connectivity index (χ3v) is 5.37. The summed E-state index contributed by atoms with van der Waals surface area (Å²) in [6.07, 6.45) is 2.72. The van der Waals surface area contributed by atoms with Crippen LogP contribution in [0.15, 0.2) is 24.3 Å². The number of hydrogen-bond acceptors (Lipinski definition) is 7. The molecule has 3 atom stereocenters. The lowest BCUT2D eigenvalue weighted by Crippen LogP contribution is -2.56. The molecule has 1 rings (SSSR count). The molecule has 0 aliphatic heterocycles. The van der Waals surface area contributed by atoms with Crippen molar-refractivity contribution >= 4 is 35.5 Å². The highest BCUT2D eigenvalue weighted by atomic mass is 32.2. The van der Waals surface area contributed by atoms with Gasteiger partial charge in [-0.25, -0.2) is 0 Å². The van der Waals surface area contributed by atoms with Gasteiger partial charge in [-0.3, -0.25) is 19.2 Å². The van der Waals surface area contributed by atoms with Crippen LogP contribution in [0.5, 0.6) is 5.75 Å². The first kappa shape index (κ1) is 28.2. The van der Waals surface area contributed by atoms with Gasteiger partial charge in [0, 0.05) is 6.42 Å². The predicted molar refractivity (Wildman–Crippen MR) is 127 cm³/mol. The molecular weight excluding hydrogens is 448 g/mol. The maximum absolute atomic E-state index is 13.0. The van der Waals surface area contributed by atoms with Crippen LogP contribution in [-0.2, 0) is 25.6 Å². The quantitative estimate of drug-likeness (QED) is 0.219. The number of aromatic hydroxyl groups is 1. The van der Waals surface area contributed by atoms with Gasteiger partial charge in [-0.1, -0.05) is 26.0 Å². The number of aliphatic carboxylic acids is 1. The fraction of sp³-hybridized carbons (Fsp3) is 0.545. The monoisotopic (exact) mass is 482 g/mol. The second kappa shape index (κ2) is 14.4. The van der Waals surface area contributed by atoms with Crippen molar-refractivity contribution in [1.82, 2.24) is 16.0 Å². The topological polar surface area (TPSA) is 171 Å². The standard InChI is InChI=1S/C22H34N4O6S/c1-13(2)10-16(23)20(30)25-17(8-9-33-3)22(32)26-18(21(31)24-12-19(28)29)11-14-4-6-15(27)7-5-14/h4-7,13,16-18,27H,8-12,23H2,1-3H3,(H,24,31)(H,25,30)(H,26,32)(H,28,29). The summed E-state index contributed by atoms with van der Waals surface area (Å²) in [5.74, 6) is -2.07. The Morgan fingerprint density at radius 1 is 1.00 bits per heavy atom. The molecule has 3 unspecified atom stereocenters. The van der Waals surface area contributed by atoms with Crippen LogP contribution in [0.3, 0.4) is 0 Å². The van der Waals surface area contributed by atoms with E-state index in [1.807, 2.05) is 20.1 Å². The Morgan fingerprint density at radius 2 is 1.61 bits per heavy atom. The molecular formula is C22H34N4O6S. The van der Waals surface area contributed by atoms with Crippen LogP contribution in [0.1, 0.15) is 32.3 Å². The molecule has 0 saturated carbocycles. The average molecular weight is 483 g/mol. The van der Waals surface area contributed by atoms with Gasteiger partial charge < -0.3 is 31.9 Å². The SMILES string of the molecule is CSCCC(NC(=O)C(N)CC(C)C)C(=O)NC(Cc1ccc(O)cc1)C(=O)NCC(=O)O. The van der Waals surface area contributed by atoms with Crippen LogP contribution in [0.25, 0.3) is 0 Å². The molecule has 11 heteroatoms. The van der Waals surface area contributed by atoms with Crippen molar-refractivity contribution in [2.45, 2.75) is 51.2 Å². The summed E-state index contributed by atoms with van der Waals surface area (Å²) in [5.41, 5.74) is 6.58. The number of carboxylic acids is 1. The Hall–Kier alpha value is -2.79. The molecule has 0 fully saturated rings. The van der Waals surface area contributed by atoms with Gasteiger partial charge in [0.2, 0.25) is 17.7 Å². The molecule has 0 bridgehead atoms. The van der Waals surface area contributed by atoms with Gasteiger partial charge in [0.15, 0.2) is 0 Å². The summed E-state index contributed by atoms with van der Waals surface area (Å²) < 4.78 is 0. The highest BCUT2D eigenvalue weighted by Crippen LogP contribution is 2.12. The Balaban J connectivity index is 2.98. The van der Waals surface area contributed by atoms with Crippen molar-refractivity contribution < 1.29 is 29.4 Å². The van der Waals surface area contributed by atoms with E-state index in [1.54, 1.807) is 12.1 Å². The predicted octanol–water partition coefficient (Wildman–Crippen LogP) is 0.232. The van der Waals surface area contributed by atoms with Crippen LogP contribution < -0.4 is 21.7 Å². The fourth-order valence-corrected chi connectivity index (χ4v) is 3.50. The zero-order valence-corrected chi connectivity index (χ0v) is 20.0. The number of hydrogen-bond donors (Lipinski definition) is 6. The molecule has 33 heavy (non-hydrogen) atoms. The minimum Gasteiger partial charge on any atom is -0.508 e. The Kier molecular flexibility index (Phi) is 12.3. The first-order chi connectivity index (χ1) is 15.5. The summed E-state index contributed by atoms with van der Waals surface area (Å²) in [4.78, 5) is 48.9. The Bertz CT molecular complexity index is 803. The van der Waals surface area contributed by atoms with Crippen LogP contribution in [-0.4, -0.2) is 70.6 Å². The smallest absolute Gasteiger partial charge is 0.322 e. The maximum Gasteiger partial charge on any atom is 0.322 e. The van der Waals surface area contributed by atoms with E-state index in [0.717, 1.165) is 0 Å². The van der Waals surface area contributed by atoms with E-state index in [0.29, 0.717) is 24.2 Å². The number of phenolic OH excluding ortho intramolecular Hbond substituents is 1. The van der Waals surface area contributed by atoms with Gasteiger partial charge in [-0.15, -0.1) is 0 Å². The van der Waals surface area contributed by atoms with Crippen molar-refractivity contribution in [2.24, 2.45) is 11.7 Å². The molecule has 0 aliphatic carbocycles. The van der Waals surface area contributed by atoms with E-state index in [1.165, 1.54) is 23.9 Å². The largest absolute Gasteiger partial charge is 0.508 e. The Labute approximate surface area is 198 Å². The number of thioether (sulfide) groups is 1. The molecule has 1 aromatic rings. The first-order valence-corrected chi connectivity index (χ1v) is 12.1. The summed E-state index contributed by atoms with van der Waals surface area (Å²) in [6, 6.07) is 3.33. The third-order valence-electron chi connectivity index (χ3n) is 4.73. The maximum atomic E-state index is 13.0. The van der Waals surface area contributed by atoms with Crippen LogP contribution in [0.4, 0.5) is 0 Å². The Morgan fingerprint density at radius 3 is 2.15 bits per heavy atom. The van der Waals surface area contributed by atoms with Gasteiger partial charge in [-0.05, 0) is 48.5 Å². The zero-order valence-electron chi connectivity index (χ0n) is 19.2. The highest BCUT2D eigenvalue weighted by molar-refractivity contribution is 7.98. The summed E-state index contributed by atoms with van der Waals surface area (Å²) in [6.45, 7) is 3.28. The van der Waals surface area contributed by atoms with Crippen molar-refractivity contribution in [3.8, 4) is 5.75 Å². The number of nitrogens with one attached hydrogen (secondary N) is 3. The van der Waals surface area contributed by atoms with Crippen molar-refractivity contribution in [3.05, 3.63) is 29.8 Å². The number of carbonyl (C=O) groups excluding carboxylic acids is 3. The van der Waals surface area contributed by atoms with Gasteiger partial charge in [0.1, 0.15) is 24.4 Å². The summed E-state index contributed by atoms with van der Waals surface area (Å²) >= 11 is 1.50. The second-order valence-electron chi connectivity index (χ2n) is 8.12. The molecule has 1 aromatic carbocycles.